The van der Waals surface area contributed by atoms with E-state index in [0.717, 1.165) is 11.3 Å². The minimum Gasteiger partial charge on any atom is -0.497 e. The Labute approximate surface area is 99.6 Å². The van der Waals surface area contributed by atoms with Crippen LogP contribution in [-0.2, 0) is 6.42 Å². The highest BCUT2D eigenvalue weighted by Gasteiger charge is 2.10. The molecule has 2 N–H and O–H groups in total. The molecule has 0 spiro atoms. The zero-order valence-corrected chi connectivity index (χ0v) is 9.88. The van der Waals surface area contributed by atoms with Crippen LogP contribution in [0.4, 0.5) is 0 Å². The number of ether oxygens (including phenoxy) is 1. The first-order valence-electron chi connectivity index (χ1n) is 5.40. The van der Waals surface area contributed by atoms with Crippen LogP contribution in [0, 0.1) is 0 Å². The molecule has 17 heavy (non-hydrogen) atoms. The molecular weight excluding hydrogens is 218 g/mol. The molecule has 0 saturated carbocycles. The average Bonchev–Trinajstić information content (AvgIpc) is 2.79. The molecule has 2 aromatic rings. The second-order valence-electron chi connectivity index (χ2n) is 3.85. The van der Waals surface area contributed by atoms with Crippen molar-refractivity contribution in [1.82, 2.24) is 10.2 Å². The zero-order valence-electron chi connectivity index (χ0n) is 9.88. The fourth-order valence-corrected chi connectivity index (χ4v) is 1.44. The lowest BCUT2D eigenvalue weighted by Crippen LogP contribution is -2.04. The van der Waals surface area contributed by atoms with Crippen LogP contribution in [0.3, 0.4) is 0 Å². The summed E-state index contributed by atoms with van der Waals surface area (Å²) in [5, 5.41) is 7.83. The van der Waals surface area contributed by atoms with Crippen molar-refractivity contribution >= 4 is 0 Å². The molecule has 5 nitrogen and oxygen atoms in total. The third-order valence-electron chi connectivity index (χ3n) is 2.39. The van der Waals surface area contributed by atoms with E-state index in [4.69, 9.17) is 14.9 Å². The summed E-state index contributed by atoms with van der Waals surface area (Å²) in [4.78, 5) is 0. The van der Waals surface area contributed by atoms with Crippen molar-refractivity contribution in [3.8, 4) is 5.75 Å². The Balaban J connectivity index is 2.08. The van der Waals surface area contributed by atoms with Crippen molar-refractivity contribution in [2.24, 2.45) is 5.73 Å². The van der Waals surface area contributed by atoms with Gasteiger partial charge in [0, 0.05) is 0 Å². The summed E-state index contributed by atoms with van der Waals surface area (Å²) in [5.74, 6) is 1.87. The van der Waals surface area contributed by atoms with Gasteiger partial charge in [0.05, 0.1) is 19.6 Å². The van der Waals surface area contributed by atoms with E-state index in [1.165, 1.54) is 0 Å². The molecule has 2 rings (SSSR count). The van der Waals surface area contributed by atoms with Crippen LogP contribution < -0.4 is 10.5 Å². The largest absolute Gasteiger partial charge is 0.497 e. The maximum Gasteiger partial charge on any atom is 0.232 e. The molecule has 0 saturated heterocycles. The molecule has 1 unspecified atom stereocenters. The van der Waals surface area contributed by atoms with Gasteiger partial charge in [0.2, 0.25) is 11.8 Å². The van der Waals surface area contributed by atoms with Crippen molar-refractivity contribution in [3.05, 3.63) is 41.6 Å². The lowest BCUT2D eigenvalue weighted by molar-refractivity contribution is 0.414. The number of rotatable bonds is 4. The molecule has 1 aromatic carbocycles. The second-order valence-corrected chi connectivity index (χ2v) is 3.85. The van der Waals surface area contributed by atoms with Gasteiger partial charge in [-0.15, -0.1) is 10.2 Å². The molecular formula is C12H15N3O2. The topological polar surface area (TPSA) is 74.2 Å². The minimum atomic E-state index is -0.230. The number of hydrogen-bond donors (Lipinski definition) is 1. The summed E-state index contributed by atoms with van der Waals surface area (Å²) >= 11 is 0. The maximum atomic E-state index is 5.65. The summed E-state index contributed by atoms with van der Waals surface area (Å²) in [6, 6.07) is 7.51. The van der Waals surface area contributed by atoms with Crippen LogP contribution in [0.1, 0.15) is 30.3 Å². The van der Waals surface area contributed by atoms with Gasteiger partial charge in [0.15, 0.2) is 0 Å². The number of nitrogens with two attached hydrogens (primary N) is 1. The molecule has 90 valence electrons. The van der Waals surface area contributed by atoms with Gasteiger partial charge < -0.3 is 14.9 Å². The average molecular weight is 233 g/mol. The lowest BCUT2D eigenvalue weighted by atomic mass is 10.1. The van der Waals surface area contributed by atoms with Crippen molar-refractivity contribution < 1.29 is 9.15 Å². The molecule has 0 bridgehead atoms. The van der Waals surface area contributed by atoms with E-state index in [1.807, 2.05) is 31.2 Å². The SMILES string of the molecule is COc1ccc(Cc2nnc(C(C)N)o2)cc1. The normalized spacial score (nSPS) is 12.4. The fourth-order valence-electron chi connectivity index (χ4n) is 1.44. The molecule has 0 radical (unpaired) electrons. The van der Waals surface area contributed by atoms with Gasteiger partial charge in [0.1, 0.15) is 5.75 Å². The predicted molar refractivity (Wildman–Crippen MR) is 62.7 cm³/mol. The van der Waals surface area contributed by atoms with Crippen LogP contribution >= 0.6 is 0 Å². The Kier molecular flexibility index (Phi) is 3.39. The first-order valence-corrected chi connectivity index (χ1v) is 5.40. The van der Waals surface area contributed by atoms with Gasteiger partial charge in [-0.05, 0) is 24.6 Å². The number of nitrogens with zero attached hydrogens (tertiary/aromatic N) is 2. The molecule has 5 heteroatoms. The Morgan fingerprint density at radius 3 is 2.53 bits per heavy atom. The first kappa shape index (κ1) is 11.6. The third-order valence-corrected chi connectivity index (χ3v) is 2.39. The van der Waals surface area contributed by atoms with Crippen molar-refractivity contribution in [3.63, 3.8) is 0 Å². The fraction of sp³-hybridized carbons (Fsp3) is 0.333. The number of hydrogen-bond acceptors (Lipinski definition) is 5. The van der Waals surface area contributed by atoms with Gasteiger partial charge in [-0.2, -0.15) is 0 Å². The first-order chi connectivity index (χ1) is 8.19. The smallest absolute Gasteiger partial charge is 0.232 e. The van der Waals surface area contributed by atoms with Crippen LogP contribution in [-0.4, -0.2) is 17.3 Å². The Bertz CT molecular complexity index is 477. The molecule has 0 aliphatic carbocycles. The third kappa shape index (κ3) is 2.82. The monoisotopic (exact) mass is 233 g/mol. The van der Waals surface area contributed by atoms with Crippen molar-refractivity contribution in [2.75, 3.05) is 7.11 Å². The maximum absolute atomic E-state index is 5.65. The molecule has 0 aliphatic heterocycles. The molecule has 1 atom stereocenters. The van der Waals surface area contributed by atoms with E-state index in [1.54, 1.807) is 7.11 Å². The van der Waals surface area contributed by atoms with Crippen LogP contribution in [0.5, 0.6) is 5.75 Å². The van der Waals surface area contributed by atoms with Crippen LogP contribution in [0.15, 0.2) is 28.7 Å². The van der Waals surface area contributed by atoms with Gasteiger partial charge in [-0.1, -0.05) is 12.1 Å². The number of benzene rings is 1. The summed E-state index contributed by atoms with van der Waals surface area (Å²) < 4.78 is 10.5. The van der Waals surface area contributed by atoms with Gasteiger partial charge in [-0.25, -0.2) is 0 Å². The van der Waals surface area contributed by atoms with Gasteiger partial charge >= 0.3 is 0 Å². The second kappa shape index (κ2) is 4.97. The molecule has 0 aliphatic rings. The highest BCUT2D eigenvalue weighted by molar-refractivity contribution is 5.28. The molecule has 0 amide bonds. The quantitative estimate of drug-likeness (QED) is 0.869. The highest BCUT2D eigenvalue weighted by Crippen LogP contribution is 2.15. The Hall–Kier alpha value is -1.88. The van der Waals surface area contributed by atoms with E-state index in [2.05, 4.69) is 10.2 Å². The number of methoxy groups -OCH3 is 1. The molecule has 1 heterocycles. The Morgan fingerprint density at radius 2 is 2.00 bits per heavy atom. The van der Waals surface area contributed by atoms with Gasteiger partial charge in [-0.3, -0.25) is 0 Å². The van der Waals surface area contributed by atoms with E-state index in [9.17, 15) is 0 Å². The van der Waals surface area contributed by atoms with Crippen LogP contribution in [0.25, 0.3) is 0 Å². The lowest BCUT2D eigenvalue weighted by Gasteiger charge is -2.00. The van der Waals surface area contributed by atoms with Gasteiger partial charge in [0.25, 0.3) is 0 Å². The number of aromatic nitrogens is 2. The van der Waals surface area contributed by atoms with E-state index in [-0.39, 0.29) is 6.04 Å². The zero-order chi connectivity index (χ0) is 12.3. The summed E-state index contributed by atoms with van der Waals surface area (Å²) in [5.41, 5.74) is 6.73. The minimum absolute atomic E-state index is 0.230. The molecule has 1 aromatic heterocycles. The van der Waals surface area contributed by atoms with Crippen molar-refractivity contribution in [2.45, 2.75) is 19.4 Å². The molecule has 0 fully saturated rings. The van der Waals surface area contributed by atoms with E-state index < -0.39 is 0 Å². The summed E-state index contributed by atoms with van der Waals surface area (Å²) in [6.07, 6.45) is 0.601. The van der Waals surface area contributed by atoms with E-state index >= 15 is 0 Å². The highest BCUT2D eigenvalue weighted by atomic mass is 16.5. The summed E-state index contributed by atoms with van der Waals surface area (Å²) in [6.45, 7) is 1.81. The summed E-state index contributed by atoms with van der Waals surface area (Å²) in [7, 11) is 1.64. The van der Waals surface area contributed by atoms with Crippen LogP contribution in [0.2, 0.25) is 0 Å². The standard InChI is InChI=1S/C12H15N3O2/c1-8(13)12-15-14-11(17-12)7-9-3-5-10(16-2)6-4-9/h3-6,8H,7,13H2,1-2H3. The Morgan fingerprint density at radius 1 is 1.29 bits per heavy atom. The van der Waals surface area contributed by atoms with E-state index in [0.29, 0.717) is 18.2 Å². The predicted octanol–water partition coefficient (Wildman–Crippen LogP) is 1.69. The van der Waals surface area contributed by atoms with Crippen molar-refractivity contribution in [1.29, 1.82) is 0 Å².